The second-order valence-corrected chi connectivity index (χ2v) is 6.85. The number of H-pyrrole nitrogens is 1. The third-order valence-electron chi connectivity index (χ3n) is 5.15. The van der Waals surface area contributed by atoms with Crippen LogP contribution in [0.3, 0.4) is 0 Å². The monoisotopic (exact) mass is 396 g/mol. The highest BCUT2D eigenvalue weighted by Gasteiger charge is 2.32. The SMILES string of the molecule is COc1ccc(-c2cc(C(=O)N3CCNCC3c3nccn3C)[nH]n2)cc1OC. The summed E-state index contributed by atoms with van der Waals surface area (Å²) >= 11 is 0. The first-order chi connectivity index (χ1) is 14.1. The Balaban J connectivity index is 1.60. The van der Waals surface area contributed by atoms with E-state index in [1.54, 1.807) is 26.5 Å². The number of imidazole rings is 1. The van der Waals surface area contributed by atoms with Crippen molar-refractivity contribution in [3.05, 3.63) is 48.2 Å². The van der Waals surface area contributed by atoms with Gasteiger partial charge in [-0.1, -0.05) is 0 Å². The predicted octanol–water partition coefficient (Wildman–Crippen LogP) is 1.61. The van der Waals surface area contributed by atoms with Crippen LogP contribution in [0.5, 0.6) is 11.5 Å². The highest BCUT2D eigenvalue weighted by molar-refractivity contribution is 5.93. The number of carbonyl (C=O) groups excluding carboxylic acids is 1. The van der Waals surface area contributed by atoms with Crippen LogP contribution >= 0.6 is 0 Å². The Kier molecular flexibility index (Phi) is 5.22. The first-order valence-electron chi connectivity index (χ1n) is 9.39. The summed E-state index contributed by atoms with van der Waals surface area (Å²) in [4.78, 5) is 19.5. The molecule has 1 aromatic carbocycles. The second-order valence-electron chi connectivity index (χ2n) is 6.85. The van der Waals surface area contributed by atoms with Crippen LogP contribution in [0.1, 0.15) is 22.4 Å². The minimum atomic E-state index is -0.135. The van der Waals surface area contributed by atoms with E-state index in [4.69, 9.17) is 9.47 Å². The Morgan fingerprint density at radius 1 is 1.21 bits per heavy atom. The van der Waals surface area contributed by atoms with Gasteiger partial charge in [-0.25, -0.2) is 4.98 Å². The molecule has 0 spiro atoms. The summed E-state index contributed by atoms with van der Waals surface area (Å²) in [6, 6.07) is 7.17. The molecule has 0 bridgehead atoms. The lowest BCUT2D eigenvalue weighted by Crippen LogP contribution is -2.49. The lowest BCUT2D eigenvalue weighted by molar-refractivity contribution is 0.0614. The molecule has 1 atom stereocenters. The molecule has 1 unspecified atom stereocenters. The molecule has 3 aromatic rings. The van der Waals surface area contributed by atoms with Crippen LogP contribution in [0.2, 0.25) is 0 Å². The van der Waals surface area contributed by atoms with Gasteiger partial charge >= 0.3 is 0 Å². The number of hydrogen-bond donors (Lipinski definition) is 2. The zero-order chi connectivity index (χ0) is 20.4. The van der Waals surface area contributed by atoms with Crippen LogP contribution in [-0.2, 0) is 7.05 Å². The highest BCUT2D eigenvalue weighted by Crippen LogP contribution is 2.32. The molecule has 9 heteroatoms. The number of aromatic amines is 1. The largest absolute Gasteiger partial charge is 0.493 e. The molecule has 0 aliphatic carbocycles. The Morgan fingerprint density at radius 3 is 2.76 bits per heavy atom. The zero-order valence-electron chi connectivity index (χ0n) is 16.7. The Labute approximate surface area is 168 Å². The van der Waals surface area contributed by atoms with Gasteiger partial charge in [0.05, 0.1) is 19.9 Å². The van der Waals surface area contributed by atoms with Gasteiger partial charge in [0.15, 0.2) is 11.5 Å². The minimum Gasteiger partial charge on any atom is -0.493 e. The number of piperazine rings is 1. The molecule has 1 aliphatic heterocycles. The number of nitrogens with zero attached hydrogens (tertiary/aromatic N) is 4. The van der Waals surface area contributed by atoms with Crippen molar-refractivity contribution in [2.24, 2.45) is 7.05 Å². The number of ether oxygens (including phenoxy) is 2. The van der Waals surface area contributed by atoms with Gasteiger partial charge in [-0.05, 0) is 24.3 Å². The lowest BCUT2D eigenvalue weighted by atomic mass is 10.1. The molecular weight excluding hydrogens is 372 g/mol. The van der Waals surface area contributed by atoms with E-state index in [1.165, 1.54) is 0 Å². The van der Waals surface area contributed by atoms with Gasteiger partial charge in [0.2, 0.25) is 0 Å². The normalized spacial score (nSPS) is 16.7. The molecule has 0 saturated carbocycles. The Bertz CT molecular complexity index is 1010. The second kappa shape index (κ2) is 7.96. The summed E-state index contributed by atoms with van der Waals surface area (Å²) in [5.41, 5.74) is 1.94. The molecule has 0 radical (unpaired) electrons. The molecule has 4 rings (SSSR count). The smallest absolute Gasteiger partial charge is 0.272 e. The minimum absolute atomic E-state index is 0.0984. The summed E-state index contributed by atoms with van der Waals surface area (Å²) in [7, 11) is 5.11. The fraction of sp³-hybridized carbons (Fsp3) is 0.350. The molecular formula is C20H24N6O3. The number of methoxy groups -OCH3 is 2. The lowest BCUT2D eigenvalue weighted by Gasteiger charge is -2.35. The predicted molar refractivity (Wildman–Crippen MR) is 107 cm³/mol. The van der Waals surface area contributed by atoms with Crippen molar-refractivity contribution in [2.75, 3.05) is 33.9 Å². The van der Waals surface area contributed by atoms with Gasteiger partial charge in [0.25, 0.3) is 5.91 Å². The average Bonchev–Trinajstić information content (AvgIpc) is 3.42. The number of hydrogen-bond acceptors (Lipinski definition) is 6. The van der Waals surface area contributed by atoms with Gasteiger partial charge in [-0.2, -0.15) is 5.10 Å². The molecule has 1 amide bonds. The molecule has 1 fully saturated rings. The van der Waals surface area contributed by atoms with E-state index < -0.39 is 0 Å². The molecule has 1 aliphatic rings. The number of nitrogens with one attached hydrogen (secondary N) is 2. The summed E-state index contributed by atoms with van der Waals surface area (Å²) in [6.45, 7) is 2.00. The van der Waals surface area contributed by atoms with Crippen molar-refractivity contribution in [3.8, 4) is 22.8 Å². The summed E-state index contributed by atoms with van der Waals surface area (Å²) in [5, 5.41) is 10.6. The summed E-state index contributed by atoms with van der Waals surface area (Å²) < 4.78 is 12.6. The Morgan fingerprint density at radius 2 is 2.03 bits per heavy atom. The van der Waals surface area contributed by atoms with E-state index in [-0.39, 0.29) is 11.9 Å². The molecule has 2 aromatic heterocycles. The molecule has 1 saturated heterocycles. The zero-order valence-corrected chi connectivity index (χ0v) is 16.7. The topological polar surface area (TPSA) is 97.3 Å². The van der Waals surface area contributed by atoms with Gasteiger partial charge in [0, 0.05) is 44.6 Å². The van der Waals surface area contributed by atoms with Crippen LogP contribution in [0.25, 0.3) is 11.3 Å². The highest BCUT2D eigenvalue weighted by atomic mass is 16.5. The van der Waals surface area contributed by atoms with Gasteiger partial charge in [-0.15, -0.1) is 0 Å². The van der Waals surface area contributed by atoms with E-state index in [0.717, 1.165) is 17.9 Å². The van der Waals surface area contributed by atoms with Crippen LogP contribution in [0.15, 0.2) is 36.7 Å². The fourth-order valence-corrected chi connectivity index (χ4v) is 3.61. The number of benzene rings is 1. The third-order valence-corrected chi connectivity index (χ3v) is 5.15. The van der Waals surface area contributed by atoms with Crippen molar-refractivity contribution in [1.29, 1.82) is 0 Å². The number of aromatic nitrogens is 4. The van der Waals surface area contributed by atoms with Gasteiger partial charge in [-0.3, -0.25) is 9.89 Å². The number of rotatable bonds is 5. The van der Waals surface area contributed by atoms with Crippen molar-refractivity contribution in [2.45, 2.75) is 6.04 Å². The number of carbonyl (C=O) groups is 1. The van der Waals surface area contributed by atoms with E-state index in [2.05, 4.69) is 20.5 Å². The van der Waals surface area contributed by atoms with Crippen LogP contribution in [-0.4, -0.2) is 64.4 Å². The van der Waals surface area contributed by atoms with Crippen LogP contribution in [0, 0.1) is 0 Å². The molecule has 2 N–H and O–H groups in total. The maximum atomic E-state index is 13.2. The van der Waals surface area contributed by atoms with Crippen LogP contribution in [0.4, 0.5) is 0 Å². The molecule has 29 heavy (non-hydrogen) atoms. The van der Waals surface area contributed by atoms with Gasteiger partial charge in [0.1, 0.15) is 17.6 Å². The maximum absolute atomic E-state index is 13.2. The first kappa shape index (κ1) is 19.0. The third kappa shape index (κ3) is 3.56. The molecule has 3 heterocycles. The van der Waals surface area contributed by atoms with Crippen LogP contribution < -0.4 is 14.8 Å². The van der Waals surface area contributed by atoms with E-state index in [9.17, 15) is 4.79 Å². The number of aryl methyl sites for hydroxylation is 1. The fourth-order valence-electron chi connectivity index (χ4n) is 3.61. The van der Waals surface area contributed by atoms with Crippen molar-refractivity contribution < 1.29 is 14.3 Å². The number of amides is 1. The first-order valence-corrected chi connectivity index (χ1v) is 9.39. The van der Waals surface area contributed by atoms with Crippen molar-refractivity contribution in [3.63, 3.8) is 0 Å². The average molecular weight is 396 g/mol. The van der Waals surface area contributed by atoms with E-state index >= 15 is 0 Å². The standard InChI is InChI=1S/C20H24N6O3/c1-25-8-7-22-19(25)16-12-21-6-9-26(16)20(27)15-11-14(23-24-15)13-4-5-17(28-2)18(10-13)29-3/h4-5,7-8,10-11,16,21H,6,9,12H2,1-3H3,(H,23,24). The summed E-state index contributed by atoms with van der Waals surface area (Å²) in [5.74, 6) is 2.00. The van der Waals surface area contributed by atoms with Crippen molar-refractivity contribution in [1.82, 2.24) is 30.0 Å². The van der Waals surface area contributed by atoms with E-state index in [1.807, 2.05) is 40.9 Å². The van der Waals surface area contributed by atoms with Crippen molar-refractivity contribution >= 4 is 5.91 Å². The Hall–Kier alpha value is -3.33. The molecule has 9 nitrogen and oxygen atoms in total. The molecule has 152 valence electrons. The van der Waals surface area contributed by atoms with Gasteiger partial charge < -0.3 is 24.3 Å². The maximum Gasteiger partial charge on any atom is 0.272 e. The quantitative estimate of drug-likeness (QED) is 0.680. The summed E-state index contributed by atoms with van der Waals surface area (Å²) in [6.07, 6.45) is 3.63. The van der Waals surface area contributed by atoms with E-state index in [0.29, 0.717) is 36.0 Å².